The summed E-state index contributed by atoms with van der Waals surface area (Å²) in [6.07, 6.45) is 4.37. The molecule has 132 valence electrons. The fraction of sp³-hybridized carbons (Fsp3) is 0.333. The first-order valence-electron chi connectivity index (χ1n) is 8.04. The first-order chi connectivity index (χ1) is 12.2. The zero-order valence-corrected chi connectivity index (χ0v) is 15.2. The molecule has 1 N–H and O–H groups in total. The highest BCUT2D eigenvalue weighted by Gasteiger charge is 2.15. The number of halogens is 1. The minimum Gasteiger partial charge on any atom is -0.489 e. The van der Waals surface area contributed by atoms with E-state index < -0.39 is 0 Å². The number of benzene rings is 1. The van der Waals surface area contributed by atoms with Crippen LogP contribution in [0.25, 0.3) is 0 Å². The number of carbonyl (C=O) groups excluding carboxylic acids is 1. The van der Waals surface area contributed by atoms with Gasteiger partial charge in [0.15, 0.2) is 11.5 Å². The van der Waals surface area contributed by atoms with Gasteiger partial charge in [-0.2, -0.15) is 0 Å². The van der Waals surface area contributed by atoms with Crippen LogP contribution in [0, 0.1) is 0 Å². The van der Waals surface area contributed by atoms with Crippen molar-refractivity contribution >= 4 is 29.3 Å². The first kappa shape index (κ1) is 17.9. The molecule has 0 atom stereocenters. The molecule has 0 aliphatic carbocycles. The van der Waals surface area contributed by atoms with Crippen LogP contribution in [0.5, 0.6) is 11.5 Å². The number of ether oxygens (including phenoxy) is 2. The molecule has 0 radical (unpaired) electrons. The fourth-order valence-corrected chi connectivity index (χ4v) is 3.47. The van der Waals surface area contributed by atoms with Crippen molar-refractivity contribution < 1.29 is 14.3 Å². The summed E-state index contributed by atoms with van der Waals surface area (Å²) in [5, 5.41) is 3.41. The fourth-order valence-electron chi connectivity index (χ4n) is 2.38. The minimum absolute atomic E-state index is 0.0166. The van der Waals surface area contributed by atoms with Gasteiger partial charge in [0.2, 0.25) is 5.91 Å². The number of nitrogens with one attached hydrogen (secondary N) is 1. The van der Waals surface area contributed by atoms with Crippen molar-refractivity contribution in [3.8, 4) is 11.5 Å². The van der Waals surface area contributed by atoms with Crippen LogP contribution in [0.2, 0.25) is 5.02 Å². The summed E-state index contributed by atoms with van der Waals surface area (Å²) >= 11 is 7.81. The van der Waals surface area contributed by atoms with E-state index in [0.717, 1.165) is 23.3 Å². The Morgan fingerprint density at radius 3 is 3.00 bits per heavy atom. The van der Waals surface area contributed by atoms with Crippen molar-refractivity contribution in [1.29, 1.82) is 0 Å². The van der Waals surface area contributed by atoms with Crippen molar-refractivity contribution in [3.05, 3.63) is 52.8 Å². The third kappa shape index (κ3) is 5.28. The molecule has 0 saturated heterocycles. The van der Waals surface area contributed by atoms with E-state index in [2.05, 4.69) is 10.3 Å². The lowest BCUT2D eigenvalue weighted by atomic mass is 10.2. The largest absolute Gasteiger partial charge is 0.489 e. The van der Waals surface area contributed by atoms with Crippen LogP contribution in [-0.2, 0) is 17.1 Å². The van der Waals surface area contributed by atoms with Crippen molar-refractivity contribution in [2.45, 2.75) is 18.7 Å². The molecule has 5 nitrogen and oxygen atoms in total. The van der Waals surface area contributed by atoms with Gasteiger partial charge in [0.25, 0.3) is 0 Å². The summed E-state index contributed by atoms with van der Waals surface area (Å²) in [7, 11) is 0. The standard InChI is InChI=1S/C18H19ClN2O3S/c19-15-7-14(8-16-18(15)24-6-2-5-23-16)10-21-17(22)12-25-11-13-3-1-4-20-9-13/h1,3-4,7-9H,2,5-6,10-12H2,(H,21,22). The van der Waals surface area contributed by atoms with Crippen LogP contribution in [-0.4, -0.2) is 29.9 Å². The van der Waals surface area contributed by atoms with Gasteiger partial charge < -0.3 is 14.8 Å². The molecule has 0 spiro atoms. The molecule has 1 aromatic carbocycles. The second kappa shape index (κ2) is 8.97. The Bertz CT molecular complexity index is 728. The highest BCUT2D eigenvalue weighted by molar-refractivity contribution is 7.99. The van der Waals surface area contributed by atoms with Gasteiger partial charge in [0.05, 0.1) is 24.0 Å². The van der Waals surface area contributed by atoms with E-state index in [0.29, 0.717) is 42.0 Å². The lowest BCUT2D eigenvalue weighted by Crippen LogP contribution is -2.24. The maximum Gasteiger partial charge on any atom is 0.230 e. The van der Waals surface area contributed by atoms with Crippen LogP contribution in [0.1, 0.15) is 17.5 Å². The first-order valence-corrected chi connectivity index (χ1v) is 9.57. The third-order valence-electron chi connectivity index (χ3n) is 3.58. The molecule has 2 aromatic rings. The monoisotopic (exact) mass is 378 g/mol. The number of nitrogens with zero attached hydrogens (tertiary/aromatic N) is 1. The summed E-state index contributed by atoms with van der Waals surface area (Å²) in [5.74, 6) is 2.36. The number of aromatic nitrogens is 1. The maximum atomic E-state index is 12.0. The normalized spacial score (nSPS) is 13.2. The predicted octanol–water partition coefficient (Wildman–Crippen LogP) is 3.45. The highest BCUT2D eigenvalue weighted by Crippen LogP contribution is 2.37. The summed E-state index contributed by atoms with van der Waals surface area (Å²) in [6.45, 7) is 1.60. The summed E-state index contributed by atoms with van der Waals surface area (Å²) in [4.78, 5) is 16.1. The minimum atomic E-state index is -0.0166. The van der Waals surface area contributed by atoms with E-state index in [1.807, 2.05) is 24.4 Å². The topological polar surface area (TPSA) is 60.5 Å². The molecule has 1 aliphatic heterocycles. The van der Waals surface area contributed by atoms with E-state index in [1.165, 1.54) is 0 Å². The third-order valence-corrected chi connectivity index (χ3v) is 4.86. The molecule has 0 saturated carbocycles. The Kier molecular flexibility index (Phi) is 6.42. The number of thioether (sulfide) groups is 1. The predicted molar refractivity (Wildman–Crippen MR) is 99.3 cm³/mol. The van der Waals surface area contributed by atoms with Crippen molar-refractivity contribution in [2.24, 2.45) is 0 Å². The van der Waals surface area contributed by atoms with Gasteiger partial charge in [-0.25, -0.2) is 0 Å². The quantitative estimate of drug-likeness (QED) is 0.834. The Labute approximate surface area is 156 Å². The molecule has 25 heavy (non-hydrogen) atoms. The van der Waals surface area contributed by atoms with Crippen LogP contribution >= 0.6 is 23.4 Å². The summed E-state index contributed by atoms with van der Waals surface area (Å²) in [5.41, 5.74) is 2.00. The van der Waals surface area contributed by atoms with Gasteiger partial charge in [-0.3, -0.25) is 9.78 Å². The van der Waals surface area contributed by atoms with Crippen molar-refractivity contribution in [2.75, 3.05) is 19.0 Å². The molecule has 0 bridgehead atoms. The summed E-state index contributed by atoms with van der Waals surface area (Å²) < 4.78 is 11.3. The number of rotatable bonds is 6. The van der Waals surface area contributed by atoms with Crippen LogP contribution < -0.4 is 14.8 Å². The molecule has 1 amide bonds. The molecule has 2 heterocycles. The highest BCUT2D eigenvalue weighted by atomic mass is 35.5. The van der Waals surface area contributed by atoms with Gasteiger partial charge in [-0.05, 0) is 29.3 Å². The molecule has 1 aliphatic rings. The van der Waals surface area contributed by atoms with Crippen LogP contribution in [0.4, 0.5) is 0 Å². The molecule has 0 fully saturated rings. The lowest BCUT2D eigenvalue weighted by Gasteiger charge is -2.12. The zero-order chi connectivity index (χ0) is 17.5. The lowest BCUT2D eigenvalue weighted by molar-refractivity contribution is -0.118. The van der Waals surface area contributed by atoms with Crippen molar-refractivity contribution in [3.63, 3.8) is 0 Å². The number of carbonyl (C=O) groups is 1. The van der Waals surface area contributed by atoms with Crippen LogP contribution in [0.15, 0.2) is 36.7 Å². The molecular formula is C18H19ClN2O3S. The van der Waals surface area contributed by atoms with Gasteiger partial charge in [-0.1, -0.05) is 17.7 Å². The number of pyridine rings is 1. The van der Waals surface area contributed by atoms with Gasteiger partial charge in [-0.15, -0.1) is 11.8 Å². The van der Waals surface area contributed by atoms with Gasteiger partial charge in [0.1, 0.15) is 0 Å². The Balaban J connectivity index is 1.48. The molecular weight excluding hydrogens is 360 g/mol. The van der Waals surface area contributed by atoms with E-state index >= 15 is 0 Å². The van der Waals surface area contributed by atoms with E-state index in [-0.39, 0.29) is 5.91 Å². The van der Waals surface area contributed by atoms with E-state index in [9.17, 15) is 4.79 Å². The van der Waals surface area contributed by atoms with E-state index in [1.54, 1.807) is 24.0 Å². The average Bonchev–Trinajstić information content (AvgIpc) is 2.87. The molecule has 0 unspecified atom stereocenters. The Morgan fingerprint density at radius 1 is 1.28 bits per heavy atom. The Morgan fingerprint density at radius 2 is 2.16 bits per heavy atom. The number of hydrogen-bond acceptors (Lipinski definition) is 5. The molecule has 1 aromatic heterocycles. The number of fused-ring (bicyclic) bond motifs is 1. The zero-order valence-electron chi connectivity index (χ0n) is 13.7. The second-order valence-electron chi connectivity index (χ2n) is 5.59. The summed E-state index contributed by atoms with van der Waals surface area (Å²) in [6, 6.07) is 7.56. The van der Waals surface area contributed by atoms with Crippen molar-refractivity contribution in [1.82, 2.24) is 10.3 Å². The number of amides is 1. The maximum absolute atomic E-state index is 12.0. The SMILES string of the molecule is O=C(CSCc1cccnc1)NCc1cc(Cl)c2c(c1)OCCCO2. The molecule has 7 heteroatoms. The smallest absolute Gasteiger partial charge is 0.230 e. The number of hydrogen-bond donors (Lipinski definition) is 1. The van der Waals surface area contributed by atoms with E-state index in [4.69, 9.17) is 21.1 Å². The second-order valence-corrected chi connectivity index (χ2v) is 6.98. The van der Waals surface area contributed by atoms with Crippen LogP contribution in [0.3, 0.4) is 0 Å². The van der Waals surface area contributed by atoms with Gasteiger partial charge in [0, 0.05) is 31.1 Å². The Hall–Kier alpha value is -1.92. The van der Waals surface area contributed by atoms with Gasteiger partial charge >= 0.3 is 0 Å². The molecule has 3 rings (SSSR count). The average molecular weight is 379 g/mol.